The molecule has 6 heteroatoms. The number of carbonyl (C=O) groups is 1. The molecule has 2 rings (SSSR count). The van der Waals surface area contributed by atoms with E-state index in [1.807, 2.05) is 37.3 Å². The van der Waals surface area contributed by atoms with Gasteiger partial charge in [0, 0.05) is 6.08 Å². The Morgan fingerprint density at radius 2 is 2.17 bits per heavy atom. The summed E-state index contributed by atoms with van der Waals surface area (Å²) >= 11 is 0. The molecule has 0 aliphatic carbocycles. The lowest BCUT2D eigenvalue weighted by atomic mass is 10.2. The Bertz CT molecular complexity index is 547. The standard InChI is InChI=1S/C12H13N5O/c1-2-17-15-12(14-16-17)13-11(18)9-8-10-6-4-3-5-7-10/h3-9H,2H2,1H3,(H,13,15,18)/b9-8+. The monoisotopic (exact) mass is 243 g/mol. The van der Waals surface area contributed by atoms with Crippen molar-refractivity contribution < 1.29 is 4.79 Å². The highest BCUT2D eigenvalue weighted by molar-refractivity contribution is 6.00. The fourth-order valence-electron chi connectivity index (χ4n) is 1.32. The van der Waals surface area contributed by atoms with E-state index >= 15 is 0 Å². The molecular weight excluding hydrogens is 230 g/mol. The molecule has 0 unspecified atom stereocenters. The number of benzene rings is 1. The first-order valence-corrected chi connectivity index (χ1v) is 5.60. The molecule has 1 N–H and O–H groups in total. The maximum Gasteiger partial charge on any atom is 0.270 e. The number of aryl methyl sites for hydroxylation is 1. The third-order valence-corrected chi connectivity index (χ3v) is 2.20. The minimum atomic E-state index is -0.283. The van der Waals surface area contributed by atoms with Crippen molar-refractivity contribution in [2.24, 2.45) is 0 Å². The van der Waals surface area contributed by atoms with E-state index in [0.717, 1.165) is 5.56 Å². The molecule has 0 saturated carbocycles. The van der Waals surface area contributed by atoms with Gasteiger partial charge >= 0.3 is 0 Å². The molecule has 1 aromatic carbocycles. The quantitative estimate of drug-likeness (QED) is 0.822. The number of rotatable bonds is 4. The molecule has 0 aliphatic heterocycles. The Hall–Kier alpha value is -2.50. The van der Waals surface area contributed by atoms with Gasteiger partial charge in [0.15, 0.2) is 0 Å². The summed E-state index contributed by atoms with van der Waals surface area (Å²) in [6.07, 6.45) is 3.15. The number of aromatic nitrogens is 4. The van der Waals surface area contributed by atoms with Crippen LogP contribution in [0.25, 0.3) is 6.08 Å². The number of tetrazole rings is 1. The molecular formula is C12H13N5O. The van der Waals surface area contributed by atoms with Gasteiger partial charge in [-0.1, -0.05) is 35.4 Å². The number of carbonyl (C=O) groups excluding carboxylic acids is 1. The van der Waals surface area contributed by atoms with Gasteiger partial charge < -0.3 is 0 Å². The van der Waals surface area contributed by atoms with Crippen LogP contribution in [0, 0.1) is 0 Å². The third-order valence-electron chi connectivity index (χ3n) is 2.20. The normalized spacial score (nSPS) is 10.7. The molecule has 18 heavy (non-hydrogen) atoms. The molecule has 0 saturated heterocycles. The molecule has 0 atom stereocenters. The minimum absolute atomic E-state index is 0.208. The summed E-state index contributed by atoms with van der Waals surface area (Å²) in [7, 11) is 0. The van der Waals surface area contributed by atoms with E-state index in [0.29, 0.717) is 6.54 Å². The molecule has 92 valence electrons. The Morgan fingerprint density at radius 3 is 2.83 bits per heavy atom. The highest BCUT2D eigenvalue weighted by Crippen LogP contribution is 2.01. The van der Waals surface area contributed by atoms with Crippen LogP contribution >= 0.6 is 0 Å². The average Bonchev–Trinajstić information content (AvgIpc) is 2.85. The zero-order valence-corrected chi connectivity index (χ0v) is 9.95. The van der Waals surface area contributed by atoms with Gasteiger partial charge in [0.2, 0.25) is 0 Å². The SMILES string of the molecule is CCn1nnc(NC(=O)/C=C/c2ccccc2)n1. The lowest BCUT2D eigenvalue weighted by Crippen LogP contribution is -2.09. The first kappa shape index (κ1) is 12.0. The molecule has 0 bridgehead atoms. The molecule has 0 fully saturated rings. The smallest absolute Gasteiger partial charge is 0.270 e. The molecule has 6 nitrogen and oxygen atoms in total. The zero-order chi connectivity index (χ0) is 12.8. The lowest BCUT2D eigenvalue weighted by molar-refractivity contribution is -0.111. The van der Waals surface area contributed by atoms with Gasteiger partial charge in [-0.2, -0.15) is 4.80 Å². The van der Waals surface area contributed by atoms with E-state index in [4.69, 9.17) is 0 Å². The van der Waals surface area contributed by atoms with Gasteiger partial charge in [-0.05, 0) is 23.8 Å². The molecule has 0 spiro atoms. The van der Waals surface area contributed by atoms with Crippen LogP contribution in [0.15, 0.2) is 36.4 Å². The second kappa shape index (κ2) is 5.72. The fraction of sp³-hybridized carbons (Fsp3) is 0.167. The van der Waals surface area contributed by atoms with Crippen LogP contribution in [0.2, 0.25) is 0 Å². The van der Waals surface area contributed by atoms with E-state index in [-0.39, 0.29) is 11.9 Å². The van der Waals surface area contributed by atoms with Gasteiger partial charge in [0.1, 0.15) is 0 Å². The number of nitrogens with zero attached hydrogens (tertiary/aromatic N) is 4. The minimum Gasteiger partial charge on any atom is -0.288 e. The Morgan fingerprint density at radius 1 is 1.39 bits per heavy atom. The summed E-state index contributed by atoms with van der Waals surface area (Å²) in [5, 5.41) is 13.9. The number of amides is 1. The van der Waals surface area contributed by atoms with E-state index in [2.05, 4.69) is 20.7 Å². The second-order valence-electron chi connectivity index (χ2n) is 3.53. The van der Waals surface area contributed by atoms with Crippen molar-refractivity contribution in [3.63, 3.8) is 0 Å². The number of hydrogen-bond acceptors (Lipinski definition) is 4. The van der Waals surface area contributed by atoms with Crippen LogP contribution in [0.5, 0.6) is 0 Å². The molecule has 1 amide bonds. The molecule has 0 radical (unpaired) electrons. The van der Waals surface area contributed by atoms with Crippen LogP contribution < -0.4 is 5.32 Å². The number of anilines is 1. The van der Waals surface area contributed by atoms with Crippen LogP contribution in [-0.4, -0.2) is 26.1 Å². The summed E-state index contributed by atoms with van der Waals surface area (Å²) < 4.78 is 0. The number of hydrogen-bond donors (Lipinski definition) is 1. The summed E-state index contributed by atoms with van der Waals surface area (Å²) in [4.78, 5) is 13.0. The first-order valence-electron chi connectivity index (χ1n) is 5.60. The highest BCUT2D eigenvalue weighted by Gasteiger charge is 2.03. The van der Waals surface area contributed by atoms with E-state index in [1.54, 1.807) is 6.08 Å². The van der Waals surface area contributed by atoms with Crippen molar-refractivity contribution in [1.82, 2.24) is 20.2 Å². The summed E-state index contributed by atoms with van der Waals surface area (Å²) in [6, 6.07) is 9.56. The van der Waals surface area contributed by atoms with Crippen molar-refractivity contribution >= 4 is 17.9 Å². The van der Waals surface area contributed by atoms with E-state index in [9.17, 15) is 4.79 Å². The van der Waals surface area contributed by atoms with Crippen molar-refractivity contribution in [2.75, 3.05) is 5.32 Å². The van der Waals surface area contributed by atoms with Crippen molar-refractivity contribution in [2.45, 2.75) is 13.5 Å². The zero-order valence-electron chi connectivity index (χ0n) is 9.95. The van der Waals surface area contributed by atoms with Crippen LogP contribution in [0.4, 0.5) is 5.95 Å². The molecule has 0 aliphatic rings. The summed E-state index contributed by atoms with van der Waals surface area (Å²) in [5.74, 6) is -0.0749. The first-order chi connectivity index (χ1) is 8.78. The Kier molecular flexibility index (Phi) is 3.80. The summed E-state index contributed by atoms with van der Waals surface area (Å²) in [6.45, 7) is 2.51. The predicted octanol–water partition coefficient (Wildman–Crippen LogP) is 1.34. The van der Waals surface area contributed by atoms with Gasteiger partial charge in [0.05, 0.1) is 6.54 Å². The lowest BCUT2D eigenvalue weighted by Gasteiger charge is -1.94. The topological polar surface area (TPSA) is 72.7 Å². The van der Waals surface area contributed by atoms with Crippen molar-refractivity contribution in [1.29, 1.82) is 0 Å². The maximum absolute atomic E-state index is 11.6. The average molecular weight is 243 g/mol. The van der Waals surface area contributed by atoms with Gasteiger partial charge in [-0.15, -0.1) is 5.10 Å². The summed E-state index contributed by atoms with van der Waals surface area (Å²) in [5.41, 5.74) is 0.956. The number of nitrogens with one attached hydrogen (secondary N) is 1. The third kappa shape index (κ3) is 3.24. The van der Waals surface area contributed by atoms with Gasteiger partial charge in [-0.3, -0.25) is 10.1 Å². The highest BCUT2D eigenvalue weighted by atomic mass is 16.1. The van der Waals surface area contributed by atoms with Gasteiger partial charge in [-0.25, -0.2) is 0 Å². The fourth-order valence-corrected chi connectivity index (χ4v) is 1.32. The van der Waals surface area contributed by atoms with Crippen LogP contribution in [0.1, 0.15) is 12.5 Å². The van der Waals surface area contributed by atoms with Crippen LogP contribution in [-0.2, 0) is 11.3 Å². The molecule has 1 aromatic heterocycles. The molecule has 1 heterocycles. The Balaban J connectivity index is 1.94. The van der Waals surface area contributed by atoms with E-state index < -0.39 is 0 Å². The van der Waals surface area contributed by atoms with Crippen LogP contribution in [0.3, 0.4) is 0 Å². The van der Waals surface area contributed by atoms with Gasteiger partial charge in [0.25, 0.3) is 11.9 Å². The largest absolute Gasteiger partial charge is 0.288 e. The van der Waals surface area contributed by atoms with Crippen molar-refractivity contribution in [3.05, 3.63) is 42.0 Å². The second-order valence-corrected chi connectivity index (χ2v) is 3.53. The molecule has 2 aromatic rings. The van der Waals surface area contributed by atoms with E-state index in [1.165, 1.54) is 10.9 Å². The Labute approximate surface area is 104 Å². The maximum atomic E-state index is 11.6. The predicted molar refractivity (Wildman–Crippen MR) is 67.6 cm³/mol. The van der Waals surface area contributed by atoms with Crippen molar-refractivity contribution in [3.8, 4) is 0 Å².